The molecule has 4 aliphatic rings. The first kappa shape index (κ1) is 17.7. The fourth-order valence-electron chi connectivity index (χ4n) is 8.01. The van der Waals surface area contributed by atoms with Gasteiger partial charge in [0, 0.05) is 0 Å². The highest BCUT2D eigenvalue weighted by Crippen LogP contribution is 2.72. The predicted molar refractivity (Wildman–Crippen MR) is 91.7 cm³/mol. The summed E-state index contributed by atoms with van der Waals surface area (Å²) in [4.78, 5) is 12.1. The highest BCUT2D eigenvalue weighted by Gasteiger charge is 2.69. The number of carbonyl (C=O) groups is 1. The number of aliphatic hydroxyl groups is 3. The molecule has 8 atom stereocenters. The minimum atomic E-state index is -1.09. The summed E-state index contributed by atoms with van der Waals surface area (Å²) in [6.45, 7) is 3.81. The highest BCUT2D eigenvalue weighted by atomic mass is 16.4. The van der Waals surface area contributed by atoms with Crippen molar-refractivity contribution in [2.45, 2.75) is 76.9 Å². The maximum Gasteiger partial charge on any atom is 0.312 e. The quantitative estimate of drug-likeness (QED) is 0.611. The van der Waals surface area contributed by atoms with Gasteiger partial charge in [-0.15, -0.1) is 0 Å². The van der Waals surface area contributed by atoms with Crippen molar-refractivity contribution in [3.05, 3.63) is 0 Å². The van der Waals surface area contributed by atoms with Gasteiger partial charge < -0.3 is 20.4 Å². The molecule has 0 aliphatic heterocycles. The van der Waals surface area contributed by atoms with Gasteiger partial charge in [-0.25, -0.2) is 0 Å². The second-order valence-corrected chi connectivity index (χ2v) is 10.1. The van der Waals surface area contributed by atoms with Crippen LogP contribution in [0.15, 0.2) is 0 Å². The Balaban J connectivity index is 1.74. The Kier molecular flexibility index (Phi) is 3.69. The molecule has 142 valence electrons. The number of hydrogen-bond donors (Lipinski definition) is 4. The van der Waals surface area contributed by atoms with Crippen LogP contribution in [0.4, 0.5) is 0 Å². The van der Waals surface area contributed by atoms with E-state index in [1.165, 1.54) is 0 Å². The predicted octanol–water partition coefficient (Wildman–Crippen LogP) is 2.18. The zero-order valence-corrected chi connectivity index (χ0v) is 15.4. The van der Waals surface area contributed by atoms with Crippen LogP contribution in [0.3, 0.4) is 0 Å². The minimum absolute atomic E-state index is 0.0313. The van der Waals surface area contributed by atoms with E-state index in [1.54, 1.807) is 6.92 Å². The second-order valence-electron chi connectivity index (χ2n) is 10.1. The van der Waals surface area contributed by atoms with E-state index in [0.717, 1.165) is 38.5 Å². The number of hydrogen-bond acceptors (Lipinski definition) is 4. The third-order valence-electron chi connectivity index (χ3n) is 9.24. The molecule has 0 aromatic rings. The summed E-state index contributed by atoms with van der Waals surface area (Å²) >= 11 is 0. The number of carboxylic acid groups (broad SMARTS) is 1. The number of aliphatic carboxylic acids is 1. The summed E-state index contributed by atoms with van der Waals surface area (Å²) < 4.78 is 0. The van der Waals surface area contributed by atoms with Crippen molar-refractivity contribution in [3.8, 4) is 0 Å². The van der Waals surface area contributed by atoms with E-state index in [2.05, 4.69) is 6.92 Å². The molecule has 0 aromatic carbocycles. The molecule has 0 radical (unpaired) electrons. The first-order valence-corrected chi connectivity index (χ1v) is 9.87. The molecule has 4 fully saturated rings. The molecule has 25 heavy (non-hydrogen) atoms. The van der Waals surface area contributed by atoms with Crippen molar-refractivity contribution in [3.63, 3.8) is 0 Å². The van der Waals surface area contributed by atoms with Crippen LogP contribution in [-0.2, 0) is 4.79 Å². The lowest BCUT2D eigenvalue weighted by molar-refractivity contribution is -0.204. The smallest absolute Gasteiger partial charge is 0.312 e. The van der Waals surface area contributed by atoms with E-state index in [1.807, 2.05) is 0 Å². The van der Waals surface area contributed by atoms with Gasteiger partial charge in [0.1, 0.15) is 0 Å². The number of carboxylic acids is 1. The van der Waals surface area contributed by atoms with Crippen LogP contribution in [0.1, 0.15) is 65.2 Å². The lowest BCUT2D eigenvalue weighted by Crippen LogP contribution is -2.62. The van der Waals surface area contributed by atoms with Crippen LogP contribution in [0.5, 0.6) is 0 Å². The van der Waals surface area contributed by atoms with Gasteiger partial charge in [-0.05, 0) is 86.9 Å². The van der Waals surface area contributed by atoms with Crippen molar-refractivity contribution in [2.75, 3.05) is 6.61 Å². The fourth-order valence-corrected chi connectivity index (χ4v) is 8.01. The van der Waals surface area contributed by atoms with Gasteiger partial charge in [0.15, 0.2) is 0 Å². The van der Waals surface area contributed by atoms with Crippen molar-refractivity contribution in [2.24, 2.45) is 34.0 Å². The number of fused-ring (bicyclic) bond motifs is 3. The molecule has 0 saturated heterocycles. The maximum atomic E-state index is 12.1. The molecule has 4 aliphatic carbocycles. The van der Waals surface area contributed by atoms with Gasteiger partial charge in [0.05, 0.1) is 23.7 Å². The van der Waals surface area contributed by atoms with Crippen LogP contribution in [-0.4, -0.2) is 44.7 Å². The first-order valence-electron chi connectivity index (χ1n) is 9.87. The standard InChI is InChI=1S/C20H32O5/c1-17-7-6-15(22)18(2,16(23)24)13(17)5-8-19-9-12(3-4-14(17)19)20(25,10-19)11-21/h12-15,21-22,25H,3-11H2,1-2H3,(H,23,24)/t12-,13?,14?,15+,17-,18+,19+,20+/m1/s1. The molecule has 0 heterocycles. The van der Waals surface area contributed by atoms with Crippen LogP contribution < -0.4 is 0 Å². The van der Waals surface area contributed by atoms with E-state index in [4.69, 9.17) is 0 Å². The Morgan fingerprint density at radius 1 is 1.08 bits per heavy atom. The van der Waals surface area contributed by atoms with E-state index < -0.39 is 23.1 Å². The second kappa shape index (κ2) is 5.20. The topological polar surface area (TPSA) is 98.0 Å². The van der Waals surface area contributed by atoms with Crippen LogP contribution in [0.25, 0.3) is 0 Å². The molecule has 4 rings (SSSR count). The maximum absolute atomic E-state index is 12.1. The lowest BCUT2D eigenvalue weighted by atomic mass is 9.40. The SMILES string of the molecule is C[C@@]12CC[C@H](O)[C@@](C)(C(=O)O)C1CC[C@@]13C[C@@H](CCC12)[C@@](O)(CO)C3. The summed E-state index contributed by atoms with van der Waals surface area (Å²) in [7, 11) is 0. The summed E-state index contributed by atoms with van der Waals surface area (Å²) in [5, 5.41) is 41.2. The van der Waals surface area contributed by atoms with E-state index >= 15 is 0 Å². The molecular weight excluding hydrogens is 320 g/mol. The van der Waals surface area contributed by atoms with Crippen LogP contribution in [0, 0.1) is 34.0 Å². The first-order chi connectivity index (χ1) is 11.6. The average Bonchev–Trinajstić information content (AvgIpc) is 2.78. The summed E-state index contributed by atoms with van der Waals surface area (Å²) in [6.07, 6.45) is 5.85. The van der Waals surface area contributed by atoms with E-state index in [-0.39, 0.29) is 29.3 Å². The fraction of sp³-hybridized carbons (Fsp3) is 0.950. The van der Waals surface area contributed by atoms with Crippen molar-refractivity contribution in [1.29, 1.82) is 0 Å². The Hall–Kier alpha value is -0.650. The molecule has 0 aromatic heterocycles. The van der Waals surface area contributed by atoms with Gasteiger partial charge in [0.25, 0.3) is 0 Å². The summed E-state index contributed by atoms with van der Waals surface area (Å²) in [5.74, 6) is -0.356. The lowest BCUT2D eigenvalue weighted by Gasteiger charge is -2.64. The molecule has 4 saturated carbocycles. The highest BCUT2D eigenvalue weighted by molar-refractivity contribution is 5.76. The number of rotatable bonds is 2. The average molecular weight is 352 g/mol. The van der Waals surface area contributed by atoms with Gasteiger partial charge in [0.2, 0.25) is 0 Å². The van der Waals surface area contributed by atoms with Gasteiger partial charge in [-0.2, -0.15) is 0 Å². The Bertz CT molecular complexity index is 593. The van der Waals surface area contributed by atoms with Crippen molar-refractivity contribution < 1.29 is 25.2 Å². The molecule has 2 unspecified atom stereocenters. The molecule has 2 bridgehead atoms. The normalized spacial score (nSPS) is 57.6. The van der Waals surface area contributed by atoms with Crippen LogP contribution in [0.2, 0.25) is 0 Å². The monoisotopic (exact) mass is 352 g/mol. The van der Waals surface area contributed by atoms with Crippen LogP contribution >= 0.6 is 0 Å². The molecule has 0 amide bonds. The Morgan fingerprint density at radius 3 is 2.44 bits per heavy atom. The molecular formula is C20H32O5. The van der Waals surface area contributed by atoms with Gasteiger partial charge in [-0.3, -0.25) is 4.79 Å². The molecule has 5 heteroatoms. The summed E-state index contributed by atoms with van der Waals surface area (Å²) in [6, 6.07) is 0. The Labute approximate surface area is 149 Å². The zero-order chi connectivity index (χ0) is 18.3. The molecule has 5 nitrogen and oxygen atoms in total. The van der Waals surface area contributed by atoms with Crippen molar-refractivity contribution >= 4 is 5.97 Å². The summed E-state index contributed by atoms with van der Waals surface area (Å²) in [5.41, 5.74) is -2.12. The van der Waals surface area contributed by atoms with Crippen molar-refractivity contribution in [1.82, 2.24) is 0 Å². The number of aliphatic hydroxyl groups excluding tert-OH is 2. The zero-order valence-electron chi connectivity index (χ0n) is 15.4. The van der Waals surface area contributed by atoms with E-state index in [0.29, 0.717) is 18.8 Å². The van der Waals surface area contributed by atoms with Gasteiger partial charge in [-0.1, -0.05) is 6.92 Å². The Morgan fingerprint density at radius 2 is 1.80 bits per heavy atom. The largest absolute Gasteiger partial charge is 0.481 e. The third-order valence-corrected chi connectivity index (χ3v) is 9.24. The third kappa shape index (κ3) is 2.03. The van der Waals surface area contributed by atoms with E-state index in [9.17, 15) is 25.2 Å². The van der Waals surface area contributed by atoms with Gasteiger partial charge >= 0.3 is 5.97 Å². The molecule has 1 spiro atoms. The minimum Gasteiger partial charge on any atom is -0.481 e. The molecule has 4 N–H and O–H groups in total.